The van der Waals surface area contributed by atoms with Crippen LogP contribution in [0.3, 0.4) is 0 Å². The van der Waals surface area contributed by atoms with E-state index in [9.17, 15) is 0 Å². The minimum absolute atomic E-state index is 0.337. The summed E-state index contributed by atoms with van der Waals surface area (Å²) >= 11 is 0. The highest BCUT2D eigenvalue weighted by atomic mass is 16.3. The van der Waals surface area contributed by atoms with Gasteiger partial charge >= 0.3 is 0 Å². The van der Waals surface area contributed by atoms with Gasteiger partial charge in [0.05, 0.1) is 0 Å². The van der Waals surface area contributed by atoms with Gasteiger partial charge in [0.1, 0.15) is 0 Å². The third kappa shape index (κ3) is 4.49. The Hall–Kier alpha value is -0.120. The molecule has 1 fully saturated rings. The summed E-state index contributed by atoms with van der Waals surface area (Å²) in [4.78, 5) is 2.54. The zero-order valence-electron chi connectivity index (χ0n) is 10.2. The smallest absolute Gasteiger partial charge is 0.0434 e. The van der Waals surface area contributed by atoms with Gasteiger partial charge in [-0.1, -0.05) is 13.8 Å². The van der Waals surface area contributed by atoms with E-state index in [1.165, 1.54) is 32.5 Å². The summed E-state index contributed by atoms with van der Waals surface area (Å²) in [6.45, 7) is 9.35. The second-order valence-electron chi connectivity index (χ2n) is 4.63. The number of hydrogen-bond acceptors (Lipinski definition) is 3. The molecule has 0 saturated carbocycles. The Labute approximate surface area is 93.9 Å². The topological polar surface area (TPSA) is 35.5 Å². The van der Waals surface area contributed by atoms with Crippen LogP contribution >= 0.6 is 0 Å². The Bertz CT molecular complexity index is 129. The standard InChI is InChI=1S/C12H26N2O/c1-3-6-14-9-11(5-7-15)8-12(10-14)13-4-2/h11-13,15H,3-10H2,1-2H3. The Morgan fingerprint density at radius 1 is 1.33 bits per heavy atom. The average molecular weight is 214 g/mol. The number of piperidine rings is 1. The van der Waals surface area contributed by atoms with E-state index in [0.29, 0.717) is 18.6 Å². The normalized spacial score (nSPS) is 28.2. The monoisotopic (exact) mass is 214 g/mol. The first-order valence-corrected chi connectivity index (χ1v) is 6.36. The van der Waals surface area contributed by atoms with Gasteiger partial charge in [-0.2, -0.15) is 0 Å². The van der Waals surface area contributed by atoms with Crippen LogP contribution in [0.15, 0.2) is 0 Å². The van der Waals surface area contributed by atoms with Gasteiger partial charge in [-0.25, -0.2) is 0 Å². The molecule has 0 radical (unpaired) electrons. The number of hydrogen-bond donors (Lipinski definition) is 2. The first-order chi connectivity index (χ1) is 7.30. The van der Waals surface area contributed by atoms with E-state index < -0.39 is 0 Å². The van der Waals surface area contributed by atoms with Crippen molar-refractivity contribution in [2.75, 3.05) is 32.8 Å². The molecule has 0 aliphatic carbocycles. The van der Waals surface area contributed by atoms with E-state index in [2.05, 4.69) is 24.1 Å². The summed E-state index contributed by atoms with van der Waals surface area (Å²) in [5.74, 6) is 0.680. The van der Waals surface area contributed by atoms with Crippen LogP contribution in [0.4, 0.5) is 0 Å². The van der Waals surface area contributed by atoms with Gasteiger partial charge < -0.3 is 15.3 Å². The van der Waals surface area contributed by atoms with E-state index in [0.717, 1.165) is 13.0 Å². The maximum absolute atomic E-state index is 9.01. The van der Waals surface area contributed by atoms with Crippen molar-refractivity contribution in [1.82, 2.24) is 10.2 Å². The molecule has 1 saturated heterocycles. The lowest BCUT2D eigenvalue weighted by molar-refractivity contribution is 0.122. The minimum atomic E-state index is 0.337. The predicted molar refractivity (Wildman–Crippen MR) is 64.0 cm³/mol. The van der Waals surface area contributed by atoms with Crippen LogP contribution in [0.1, 0.15) is 33.1 Å². The molecule has 0 aromatic rings. The van der Waals surface area contributed by atoms with Crippen LogP contribution < -0.4 is 5.32 Å². The van der Waals surface area contributed by atoms with Crippen molar-refractivity contribution in [1.29, 1.82) is 0 Å². The highest BCUT2D eigenvalue weighted by Gasteiger charge is 2.25. The number of likely N-dealkylation sites (N-methyl/N-ethyl adjacent to an activating group) is 1. The molecule has 1 rings (SSSR count). The predicted octanol–water partition coefficient (Wildman–Crippen LogP) is 1.08. The zero-order chi connectivity index (χ0) is 11.1. The van der Waals surface area contributed by atoms with Crippen molar-refractivity contribution >= 4 is 0 Å². The number of aliphatic hydroxyl groups is 1. The summed E-state index contributed by atoms with van der Waals surface area (Å²) in [5.41, 5.74) is 0. The van der Waals surface area contributed by atoms with Gasteiger partial charge in [0.15, 0.2) is 0 Å². The Balaban J connectivity index is 2.40. The van der Waals surface area contributed by atoms with Crippen molar-refractivity contribution in [3.63, 3.8) is 0 Å². The van der Waals surface area contributed by atoms with Crippen LogP contribution in [0.5, 0.6) is 0 Å². The molecule has 1 aliphatic rings. The third-order valence-corrected chi connectivity index (χ3v) is 3.18. The zero-order valence-corrected chi connectivity index (χ0v) is 10.2. The first-order valence-electron chi connectivity index (χ1n) is 6.36. The van der Waals surface area contributed by atoms with Crippen molar-refractivity contribution < 1.29 is 5.11 Å². The van der Waals surface area contributed by atoms with Gasteiger partial charge in [0.25, 0.3) is 0 Å². The van der Waals surface area contributed by atoms with Crippen molar-refractivity contribution in [2.45, 2.75) is 39.2 Å². The molecule has 1 heterocycles. The Kier molecular flexibility index (Phi) is 6.22. The van der Waals surface area contributed by atoms with Crippen molar-refractivity contribution in [3.05, 3.63) is 0 Å². The molecule has 2 N–H and O–H groups in total. The molecule has 2 atom stereocenters. The molecule has 1 aliphatic heterocycles. The van der Waals surface area contributed by atoms with Gasteiger partial charge in [0.2, 0.25) is 0 Å². The van der Waals surface area contributed by atoms with Crippen LogP contribution in [-0.4, -0.2) is 48.8 Å². The number of nitrogens with zero attached hydrogens (tertiary/aromatic N) is 1. The lowest BCUT2D eigenvalue weighted by Crippen LogP contribution is -2.49. The SMILES string of the molecule is CCCN1CC(CCO)CC(NCC)C1. The molecule has 2 unspecified atom stereocenters. The maximum Gasteiger partial charge on any atom is 0.0434 e. The second kappa shape index (κ2) is 7.20. The second-order valence-corrected chi connectivity index (χ2v) is 4.63. The van der Waals surface area contributed by atoms with E-state index >= 15 is 0 Å². The minimum Gasteiger partial charge on any atom is -0.396 e. The summed E-state index contributed by atoms with van der Waals surface area (Å²) in [6.07, 6.45) is 3.42. The van der Waals surface area contributed by atoms with Gasteiger partial charge in [-0.15, -0.1) is 0 Å². The molecule has 3 nitrogen and oxygen atoms in total. The fraction of sp³-hybridized carbons (Fsp3) is 1.00. The molecule has 3 heteroatoms. The van der Waals surface area contributed by atoms with Gasteiger partial charge in [-0.3, -0.25) is 0 Å². The number of nitrogens with one attached hydrogen (secondary N) is 1. The first kappa shape index (κ1) is 12.9. The Morgan fingerprint density at radius 3 is 2.73 bits per heavy atom. The quantitative estimate of drug-likeness (QED) is 0.694. The third-order valence-electron chi connectivity index (χ3n) is 3.18. The molecule has 0 spiro atoms. The molecule has 0 aromatic carbocycles. The van der Waals surface area contributed by atoms with Crippen LogP contribution in [0, 0.1) is 5.92 Å². The number of rotatable bonds is 6. The molecule has 0 amide bonds. The van der Waals surface area contributed by atoms with E-state index in [4.69, 9.17) is 5.11 Å². The van der Waals surface area contributed by atoms with E-state index in [1.54, 1.807) is 0 Å². The summed E-state index contributed by atoms with van der Waals surface area (Å²) in [7, 11) is 0. The largest absolute Gasteiger partial charge is 0.396 e. The molecule has 0 bridgehead atoms. The van der Waals surface area contributed by atoms with Crippen molar-refractivity contribution in [3.8, 4) is 0 Å². The van der Waals surface area contributed by atoms with Crippen molar-refractivity contribution in [2.24, 2.45) is 5.92 Å². The van der Waals surface area contributed by atoms with E-state index in [-0.39, 0.29) is 0 Å². The molecule has 15 heavy (non-hydrogen) atoms. The average Bonchev–Trinajstić information content (AvgIpc) is 2.19. The van der Waals surface area contributed by atoms with Crippen LogP contribution in [0.25, 0.3) is 0 Å². The fourth-order valence-corrected chi connectivity index (χ4v) is 2.63. The summed E-state index contributed by atoms with van der Waals surface area (Å²) in [5, 5.41) is 12.5. The van der Waals surface area contributed by atoms with Crippen LogP contribution in [-0.2, 0) is 0 Å². The van der Waals surface area contributed by atoms with E-state index in [1.807, 2.05) is 0 Å². The highest BCUT2D eigenvalue weighted by Crippen LogP contribution is 2.19. The molecular weight excluding hydrogens is 188 g/mol. The molecule has 0 aromatic heterocycles. The maximum atomic E-state index is 9.01. The summed E-state index contributed by atoms with van der Waals surface area (Å²) < 4.78 is 0. The fourth-order valence-electron chi connectivity index (χ4n) is 2.63. The highest BCUT2D eigenvalue weighted by molar-refractivity contribution is 4.82. The lowest BCUT2D eigenvalue weighted by atomic mass is 9.91. The Morgan fingerprint density at radius 2 is 2.13 bits per heavy atom. The van der Waals surface area contributed by atoms with Gasteiger partial charge in [0, 0.05) is 25.7 Å². The lowest BCUT2D eigenvalue weighted by Gasteiger charge is -2.38. The number of likely N-dealkylation sites (tertiary alicyclic amines) is 1. The van der Waals surface area contributed by atoms with Gasteiger partial charge in [-0.05, 0) is 38.3 Å². The summed E-state index contributed by atoms with van der Waals surface area (Å²) in [6, 6.07) is 0.631. The van der Waals surface area contributed by atoms with Crippen LogP contribution in [0.2, 0.25) is 0 Å². The molecule has 90 valence electrons. The number of aliphatic hydroxyl groups excluding tert-OH is 1. The molecular formula is C12H26N2O.